The smallest absolute Gasteiger partial charge is 0.344 e. The van der Waals surface area contributed by atoms with Crippen LogP contribution in [-0.2, 0) is 9.53 Å². The van der Waals surface area contributed by atoms with Gasteiger partial charge in [-0.2, -0.15) is 10.4 Å². The average Bonchev–Trinajstić information content (AvgIpc) is 2.67. The van der Waals surface area contributed by atoms with Gasteiger partial charge >= 0.3 is 5.97 Å². The number of rotatable bonds is 7. The molecule has 9 heteroatoms. The Morgan fingerprint density at radius 3 is 2.75 bits per heavy atom. The van der Waals surface area contributed by atoms with Crippen molar-refractivity contribution in [2.75, 3.05) is 13.2 Å². The van der Waals surface area contributed by atoms with Crippen molar-refractivity contribution in [1.82, 2.24) is 5.43 Å². The second-order valence-electron chi connectivity index (χ2n) is 5.29. The Kier molecular flexibility index (Phi) is 7.88. The molecule has 144 valence electrons. The van der Waals surface area contributed by atoms with Crippen molar-refractivity contribution in [1.29, 1.82) is 5.26 Å². The number of hydrazone groups is 1. The van der Waals surface area contributed by atoms with Crippen LogP contribution in [0.5, 0.6) is 5.75 Å². The van der Waals surface area contributed by atoms with E-state index in [1.54, 1.807) is 31.2 Å². The lowest BCUT2D eigenvalue weighted by atomic mass is 10.1. The Labute approximate surface area is 174 Å². The molecule has 2 aromatic rings. The van der Waals surface area contributed by atoms with Crippen molar-refractivity contribution in [3.8, 4) is 11.8 Å². The fourth-order valence-corrected chi connectivity index (χ4v) is 2.74. The van der Waals surface area contributed by atoms with Crippen molar-refractivity contribution >= 4 is 40.7 Å². The van der Waals surface area contributed by atoms with Gasteiger partial charge < -0.3 is 9.47 Å². The SMILES string of the molecule is CCOC(=O)COc1ccc(/C=N\NC(=O)c2ccc(C#N)cc2F)cc1I. The molecule has 1 N–H and O–H groups in total. The van der Waals surface area contributed by atoms with Crippen LogP contribution in [0.3, 0.4) is 0 Å². The van der Waals surface area contributed by atoms with E-state index in [1.165, 1.54) is 18.3 Å². The lowest BCUT2D eigenvalue weighted by molar-refractivity contribution is -0.145. The first kappa shape index (κ1) is 21.3. The standard InChI is InChI=1S/C19H15FIN3O4/c1-2-27-18(25)11-28-17-6-4-13(8-16(17)21)10-23-24-19(26)14-5-3-12(9-22)7-15(14)20/h3-8,10H,2,11H2,1H3,(H,24,26)/b23-10-. The van der Waals surface area contributed by atoms with Gasteiger partial charge in [-0.3, -0.25) is 4.79 Å². The van der Waals surface area contributed by atoms with Gasteiger partial charge in [-0.05, 0) is 71.5 Å². The summed E-state index contributed by atoms with van der Waals surface area (Å²) < 4.78 is 24.7. The summed E-state index contributed by atoms with van der Waals surface area (Å²) in [6, 6.07) is 10.4. The van der Waals surface area contributed by atoms with Crippen molar-refractivity contribution in [2.45, 2.75) is 6.92 Å². The molecule has 0 aliphatic heterocycles. The highest BCUT2D eigenvalue weighted by molar-refractivity contribution is 14.1. The topological polar surface area (TPSA) is 101 Å². The van der Waals surface area contributed by atoms with E-state index in [2.05, 4.69) is 10.5 Å². The summed E-state index contributed by atoms with van der Waals surface area (Å²) in [5.41, 5.74) is 2.80. The van der Waals surface area contributed by atoms with Crippen molar-refractivity contribution in [3.63, 3.8) is 0 Å². The number of carbonyl (C=O) groups is 2. The Bertz CT molecular complexity index is 957. The van der Waals surface area contributed by atoms with E-state index in [-0.39, 0.29) is 24.3 Å². The lowest BCUT2D eigenvalue weighted by Crippen LogP contribution is -2.19. The van der Waals surface area contributed by atoms with Gasteiger partial charge in [0.2, 0.25) is 0 Å². The first-order chi connectivity index (χ1) is 13.4. The Hall–Kier alpha value is -3.00. The maximum absolute atomic E-state index is 13.8. The van der Waals surface area contributed by atoms with E-state index in [1.807, 2.05) is 22.6 Å². The largest absolute Gasteiger partial charge is 0.481 e. The number of esters is 1. The molecule has 28 heavy (non-hydrogen) atoms. The molecule has 7 nitrogen and oxygen atoms in total. The summed E-state index contributed by atoms with van der Waals surface area (Å²) in [5.74, 6) is -1.48. The van der Waals surface area contributed by atoms with Gasteiger partial charge in [0.25, 0.3) is 5.91 Å². The first-order valence-electron chi connectivity index (χ1n) is 8.05. The van der Waals surface area contributed by atoms with E-state index in [4.69, 9.17) is 14.7 Å². The number of ether oxygens (including phenoxy) is 2. The summed E-state index contributed by atoms with van der Waals surface area (Å²) in [7, 11) is 0. The molecule has 0 aromatic heterocycles. The second kappa shape index (κ2) is 10.4. The minimum absolute atomic E-state index is 0.123. The third-order valence-corrected chi connectivity index (χ3v) is 4.17. The molecule has 0 bridgehead atoms. The molecule has 0 saturated carbocycles. The highest BCUT2D eigenvalue weighted by Gasteiger charge is 2.11. The number of halogens is 2. The van der Waals surface area contributed by atoms with Crippen LogP contribution in [0.1, 0.15) is 28.4 Å². The number of nitrogens with zero attached hydrogens (tertiary/aromatic N) is 2. The summed E-state index contributed by atoms with van der Waals surface area (Å²) in [4.78, 5) is 23.3. The number of carbonyl (C=O) groups excluding carboxylic acids is 2. The molecule has 0 atom stereocenters. The third kappa shape index (κ3) is 6.02. The van der Waals surface area contributed by atoms with Gasteiger partial charge in [-0.1, -0.05) is 0 Å². The number of nitriles is 1. The molecular formula is C19H15FIN3O4. The summed E-state index contributed by atoms with van der Waals surface area (Å²) in [6.45, 7) is 1.81. The molecule has 0 saturated heterocycles. The lowest BCUT2D eigenvalue weighted by Gasteiger charge is -2.08. The van der Waals surface area contributed by atoms with E-state index >= 15 is 0 Å². The van der Waals surface area contributed by atoms with Crippen molar-refractivity contribution in [2.24, 2.45) is 5.10 Å². The van der Waals surface area contributed by atoms with Crippen molar-refractivity contribution < 1.29 is 23.5 Å². The van der Waals surface area contributed by atoms with Crippen LogP contribution in [0, 0.1) is 20.7 Å². The Morgan fingerprint density at radius 2 is 2.11 bits per heavy atom. The minimum atomic E-state index is -0.801. The summed E-state index contributed by atoms with van der Waals surface area (Å²) >= 11 is 2.04. The van der Waals surface area contributed by atoms with Crippen molar-refractivity contribution in [3.05, 3.63) is 62.5 Å². The zero-order valence-electron chi connectivity index (χ0n) is 14.7. The van der Waals surface area contributed by atoms with Gasteiger partial charge in [0.15, 0.2) is 6.61 Å². The van der Waals surface area contributed by atoms with E-state index in [0.717, 1.165) is 9.64 Å². The zero-order valence-corrected chi connectivity index (χ0v) is 16.9. The molecule has 1 amide bonds. The number of nitrogens with one attached hydrogen (secondary N) is 1. The number of hydrogen-bond acceptors (Lipinski definition) is 6. The molecule has 0 aliphatic rings. The molecule has 0 radical (unpaired) electrons. The highest BCUT2D eigenvalue weighted by atomic mass is 127. The molecule has 0 aliphatic carbocycles. The van der Waals surface area contributed by atoms with Gasteiger partial charge in [0.05, 0.1) is 33.6 Å². The van der Waals surface area contributed by atoms with Crippen LogP contribution in [0.15, 0.2) is 41.5 Å². The van der Waals surface area contributed by atoms with Crippen LogP contribution >= 0.6 is 22.6 Å². The maximum atomic E-state index is 13.8. The molecule has 0 fully saturated rings. The van der Waals surface area contributed by atoms with E-state index in [0.29, 0.717) is 11.3 Å². The normalized spacial score (nSPS) is 10.4. The Balaban J connectivity index is 1.97. The monoisotopic (exact) mass is 495 g/mol. The van der Waals surface area contributed by atoms with E-state index < -0.39 is 17.7 Å². The first-order valence-corrected chi connectivity index (χ1v) is 9.13. The fourth-order valence-electron chi connectivity index (χ4n) is 2.05. The van der Waals surface area contributed by atoms with Crippen LogP contribution in [0.2, 0.25) is 0 Å². The predicted octanol–water partition coefficient (Wildman–Crippen LogP) is 3.01. The van der Waals surface area contributed by atoms with Gasteiger partial charge in [-0.25, -0.2) is 14.6 Å². The van der Waals surface area contributed by atoms with Gasteiger partial charge in [0, 0.05) is 0 Å². The second-order valence-corrected chi connectivity index (χ2v) is 6.45. The molecule has 2 aromatic carbocycles. The van der Waals surface area contributed by atoms with E-state index in [9.17, 15) is 14.0 Å². The van der Waals surface area contributed by atoms with Gasteiger partial charge in [0.1, 0.15) is 11.6 Å². The molecule has 0 heterocycles. The Morgan fingerprint density at radius 1 is 1.32 bits per heavy atom. The highest BCUT2D eigenvalue weighted by Crippen LogP contribution is 2.21. The quantitative estimate of drug-likeness (QED) is 0.276. The maximum Gasteiger partial charge on any atom is 0.344 e. The molecule has 0 spiro atoms. The molecule has 2 rings (SSSR count). The summed E-state index contributed by atoms with van der Waals surface area (Å²) in [6.07, 6.45) is 1.39. The zero-order chi connectivity index (χ0) is 20.5. The fraction of sp³-hybridized carbons (Fsp3) is 0.158. The summed E-state index contributed by atoms with van der Waals surface area (Å²) in [5, 5.41) is 12.5. The van der Waals surface area contributed by atoms with Crippen LogP contribution < -0.4 is 10.2 Å². The molecule has 0 unspecified atom stereocenters. The number of benzene rings is 2. The number of amides is 1. The van der Waals surface area contributed by atoms with Crippen LogP contribution in [-0.4, -0.2) is 31.3 Å². The van der Waals surface area contributed by atoms with Gasteiger partial charge in [-0.15, -0.1) is 0 Å². The van der Waals surface area contributed by atoms with Crippen LogP contribution in [0.4, 0.5) is 4.39 Å². The minimum Gasteiger partial charge on any atom is -0.481 e. The van der Waals surface area contributed by atoms with Crippen LogP contribution in [0.25, 0.3) is 0 Å². The predicted molar refractivity (Wildman–Crippen MR) is 107 cm³/mol. The average molecular weight is 495 g/mol. The molecular weight excluding hydrogens is 480 g/mol. The third-order valence-electron chi connectivity index (χ3n) is 3.33. The number of hydrogen-bond donors (Lipinski definition) is 1.